The van der Waals surface area contributed by atoms with Crippen LogP contribution in [-0.2, 0) is 12.8 Å². The van der Waals surface area contributed by atoms with Crippen molar-refractivity contribution in [2.45, 2.75) is 32.7 Å². The standard InChI is InChI=1S/C20H24N2O2/c1-14-11-19(15(2)24-14)20(23)22-9-7-21(8-10-22)18-12-16-5-3-4-6-17(16)13-18/h3-6,11,18H,7-10,12-13H2,1-2H3. The van der Waals surface area contributed by atoms with E-state index in [2.05, 4.69) is 29.2 Å². The summed E-state index contributed by atoms with van der Waals surface area (Å²) in [5.74, 6) is 1.64. The van der Waals surface area contributed by atoms with Crippen LogP contribution in [0, 0.1) is 13.8 Å². The number of furan rings is 1. The first-order valence-corrected chi connectivity index (χ1v) is 8.79. The molecular weight excluding hydrogens is 300 g/mol. The van der Waals surface area contributed by atoms with E-state index in [1.807, 2.05) is 24.8 Å². The first kappa shape index (κ1) is 15.5. The molecule has 4 heteroatoms. The number of fused-ring (bicyclic) bond motifs is 1. The van der Waals surface area contributed by atoms with Crippen molar-refractivity contribution in [2.24, 2.45) is 0 Å². The average molecular weight is 324 g/mol. The van der Waals surface area contributed by atoms with Gasteiger partial charge in [0.2, 0.25) is 0 Å². The Balaban J connectivity index is 1.37. The third-order valence-corrected chi connectivity index (χ3v) is 5.42. The number of aryl methyl sites for hydroxylation is 2. The van der Waals surface area contributed by atoms with Crippen molar-refractivity contribution in [3.63, 3.8) is 0 Å². The molecule has 1 amide bonds. The number of nitrogens with zero attached hydrogens (tertiary/aromatic N) is 2. The Hall–Kier alpha value is -2.07. The Labute approximate surface area is 143 Å². The highest BCUT2D eigenvalue weighted by atomic mass is 16.3. The van der Waals surface area contributed by atoms with Crippen LogP contribution < -0.4 is 0 Å². The molecule has 1 saturated heterocycles. The van der Waals surface area contributed by atoms with Gasteiger partial charge in [0, 0.05) is 32.2 Å². The lowest BCUT2D eigenvalue weighted by molar-refractivity contribution is 0.0574. The Bertz CT molecular complexity index is 732. The van der Waals surface area contributed by atoms with Crippen LogP contribution in [0.4, 0.5) is 0 Å². The molecule has 1 aliphatic heterocycles. The molecule has 4 nitrogen and oxygen atoms in total. The number of amides is 1. The van der Waals surface area contributed by atoms with Crippen molar-refractivity contribution in [2.75, 3.05) is 26.2 Å². The fraction of sp³-hybridized carbons (Fsp3) is 0.450. The van der Waals surface area contributed by atoms with Crippen LogP contribution >= 0.6 is 0 Å². The van der Waals surface area contributed by atoms with Crippen molar-refractivity contribution in [3.05, 3.63) is 58.5 Å². The number of carbonyl (C=O) groups is 1. The predicted molar refractivity (Wildman–Crippen MR) is 93.3 cm³/mol. The van der Waals surface area contributed by atoms with Gasteiger partial charge in [0.15, 0.2) is 0 Å². The summed E-state index contributed by atoms with van der Waals surface area (Å²) in [5.41, 5.74) is 3.70. The SMILES string of the molecule is Cc1cc(C(=O)N2CCN(C3Cc4ccccc4C3)CC2)c(C)o1. The van der Waals surface area contributed by atoms with Gasteiger partial charge < -0.3 is 9.32 Å². The molecule has 0 radical (unpaired) electrons. The van der Waals surface area contributed by atoms with Crippen LogP contribution in [0.25, 0.3) is 0 Å². The Morgan fingerprint density at radius 1 is 1.04 bits per heavy atom. The van der Waals surface area contributed by atoms with Gasteiger partial charge in [0.1, 0.15) is 11.5 Å². The van der Waals surface area contributed by atoms with E-state index in [0.717, 1.165) is 50.5 Å². The highest BCUT2D eigenvalue weighted by molar-refractivity contribution is 5.95. The van der Waals surface area contributed by atoms with Crippen LogP contribution in [0.3, 0.4) is 0 Å². The molecule has 2 aliphatic rings. The monoisotopic (exact) mass is 324 g/mol. The maximum Gasteiger partial charge on any atom is 0.257 e. The van der Waals surface area contributed by atoms with E-state index in [1.54, 1.807) is 0 Å². The lowest BCUT2D eigenvalue weighted by atomic mass is 10.1. The number of piperazine rings is 1. The average Bonchev–Trinajstić information content (AvgIpc) is 3.17. The van der Waals surface area contributed by atoms with Gasteiger partial charge in [0.05, 0.1) is 5.56 Å². The zero-order chi connectivity index (χ0) is 16.7. The van der Waals surface area contributed by atoms with Gasteiger partial charge in [-0.05, 0) is 43.9 Å². The molecule has 1 aliphatic carbocycles. The second-order valence-electron chi connectivity index (χ2n) is 6.99. The molecule has 0 unspecified atom stereocenters. The summed E-state index contributed by atoms with van der Waals surface area (Å²) in [6.07, 6.45) is 2.29. The number of hydrogen-bond acceptors (Lipinski definition) is 3. The van der Waals surface area contributed by atoms with E-state index < -0.39 is 0 Å². The van der Waals surface area contributed by atoms with Crippen LogP contribution in [-0.4, -0.2) is 47.9 Å². The molecule has 1 aromatic heterocycles. The number of carbonyl (C=O) groups excluding carboxylic acids is 1. The molecule has 0 atom stereocenters. The van der Waals surface area contributed by atoms with E-state index in [9.17, 15) is 4.79 Å². The maximum atomic E-state index is 12.7. The summed E-state index contributed by atoms with van der Waals surface area (Å²) in [6, 6.07) is 11.2. The molecule has 2 aromatic rings. The van der Waals surface area contributed by atoms with E-state index in [4.69, 9.17) is 4.42 Å². The van der Waals surface area contributed by atoms with Gasteiger partial charge >= 0.3 is 0 Å². The van der Waals surface area contributed by atoms with Crippen molar-refractivity contribution in [1.29, 1.82) is 0 Å². The van der Waals surface area contributed by atoms with Gasteiger partial charge in [-0.1, -0.05) is 24.3 Å². The Morgan fingerprint density at radius 2 is 1.67 bits per heavy atom. The fourth-order valence-electron chi connectivity index (χ4n) is 4.10. The number of hydrogen-bond donors (Lipinski definition) is 0. The van der Waals surface area contributed by atoms with E-state index in [0.29, 0.717) is 11.6 Å². The first-order chi connectivity index (χ1) is 11.6. The van der Waals surface area contributed by atoms with Crippen molar-refractivity contribution in [3.8, 4) is 0 Å². The Morgan fingerprint density at radius 3 is 2.21 bits per heavy atom. The largest absolute Gasteiger partial charge is 0.466 e. The van der Waals surface area contributed by atoms with E-state index in [1.165, 1.54) is 11.1 Å². The third-order valence-electron chi connectivity index (χ3n) is 5.42. The molecule has 0 N–H and O–H groups in total. The first-order valence-electron chi connectivity index (χ1n) is 8.79. The minimum Gasteiger partial charge on any atom is -0.466 e. The smallest absolute Gasteiger partial charge is 0.257 e. The summed E-state index contributed by atoms with van der Waals surface area (Å²) in [6.45, 7) is 7.27. The van der Waals surface area contributed by atoms with Gasteiger partial charge in [-0.3, -0.25) is 9.69 Å². The van der Waals surface area contributed by atoms with Crippen LogP contribution in [0.5, 0.6) is 0 Å². The Kier molecular flexibility index (Phi) is 3.93. The predicted octanol–water partition coefficient (Wildman–Crippen LogP) is 2.82. The molecule has 4 rings (SSSR count). The lowest BCUT2D eigenvalue weighted by Crippen LogP contribution is -2.52. The zero-order valence-corrected chi connectivity index (χ0v) is 14.4. The number of benzene rings is 1. The van der Waals surface area contributed by atoms with E-state index >= 15 is 0 Å². The molecule has 126 valence electrons. The summed E-state index contributed by atoms with van der Waals surface area (Å²) in [7, 11) is 0. The second-order valence-corrected chi connectivity index (χ2v) is 6.99. The summed E-state index contributed by atoms with van der Waals surface area (Å²) >= 11 is 0. The fourth-order valence-corrected chi connectivity index (χ4v) is 4.10. The maximum absolute atomic E-state index is 12.7. The van der Waals surface area contributed by atoms with Crippen LogP contribution in [0.1, 0.15) is 33.0 Å². The minimum atomic E-state index is 0.110. The summed E-state index contributed by atoms with van der Waals surface area (Å²) in [4.78, 5) is 17.2. The van der Waals surface area contributed by atoms with Crippen molar-refractivity contribution >= 4 is 5.91 Å². The highest BCUT2D eigenvalue weighted by Gasteiger charge is 2.31. The summed E-state index contributed by atoms with van der Waals surface area (Å²) < 4.78 is 5.51. The second kappa shape index (κ2) is 6.10. The lowest BCUT2D eigenvalue weighted by Gasteiger charge is -2.38. The molecule has 1 fully saturated rings. The van der Waals surface area contributed by atoms with Gasteiger partial charge in [0.25, 0.3) is 5.91 Å². The quantitative estimate of drug-likeness (QED) is 0.852. The minimum absolute atomic E-state index is 0.110. The van der Waals surface area contributed by atoms with Crippen LogP contribution in [0.2, 0.25) is 0 Å². The molecule has 0 bridgehead atoms. The van der Waals surface area contributed by atoms with Crippen molar-refractivity contribution in [1.82, 2.24) is 9.80 Å². The molecule has 0 spiro atoms. The highest BCUT2D eigenvalue weighted by Crippen LogP contribution is 2.26. The number of rotatable bonds is 2. The topological polar surface area (TPSA) is 36.7 Å². The zero-order valence-electron chi connectivity index (χ0n) is 14.4. The van der Waals surface area contributed by atoms with Gasteiger partial charge in [-0.15, -0.1) is 0 Å². The van der Waals surface area contributed by atoms with E-state index in [-0.39, 0.29) is 5.91 Å². The normalized spacial score (nSPS) is 18.8. The summed E-state index contributed by atoms with van der Waals surface area (Å²) in [5, 5.41) is 0. The molecular formula is C20H24N2O2. The van der Waals surface area contributed by atoms with Crippen molar-refractivity contribution < 1.29 is 9.21 Å². The molecule has 24 heavy (non-hydrogen) atoms. The van der Waals surface area contributed by atoms with Gasteiger partial charge in [-0.25, -0.2) is 0 Å². The molecule has 0 saturated carbocycles. The van der Waals surface area contributed by atoms with Gasteiger partial charge in [-0.2, -0.15) is 0 Å². The van der Waals surface area contributed by atoms with Crippen LogP contribution in [0.15, 0.2) is 34.7 Å². The third kappa shape index (κ3) is 2.75. The molecule has 1 aromatic carbocycles. The molecule has 2 heterocycles.